The van der Waals surface area contributed by atoms with Crippen molar-refractivity contribution in [3.05, 3.63) is 46.8 Å². The number of carbonyl (C=O) groups is 2. The number of hydrogen-bond acceptors (Lipinski definition) is 5. The average Bonchev–Trinajstić information content (AvgIpc) is 3.33. The second-order valence-electron chi connectivity index (χ2n) is 8.67. The van der Waals surface area contributed by atoms with Crippen molar-refractivity contribution in [3.63, 3.8) is 0 Å². The third-order valence-corrected chi connectivity index (χ3v) is 5.86. The van der Waals surface area contributed by atoms with Gasteiger partial charge in [0.25, 0.3) is 0 Å². The number of phenols is 1. The Hall–Kier alpha value is -2.99. The van der Waals surface area contributed by atoms with Gasteiger partial charge in [-0.1, -0.05) is 39.7 Å². The molecule has 3 rings (SSSR count). The van der Waals surface area contributed by atoms with E-state index in [9.17, 15) is 14.7 Å². The van der Waals surface area contributed by atoms with Crippen molar-refractivity contribution in [2.75, 3.05) is 13.7 Å². The van der Waals surface area contributed by atoms with Gasteiger partial charge in [-0.3, -0.25) is 19.5 Å². The first-order valence-corrected chi connectivity index (χ1v) is 11.3. The van der Waals surface area contributed by atoms with E-state index in [1.807, 2.05) is 18.5 Å². The molecule has 6 heteroatoms. The fourth-order valence-corrected chi connectivity index (χ4v) is 4.07. The molecule has 0 saturated carbocycles. The van der Waals surface area contributed by atoms with E-state index in [0.29, 0.717) is 30.3 Å². The summed E-state index contributed by atoms with van der Waals surface area (Å²) in [5, 5.41) is 10.7. The zero-order valence-electron chi connectivity index (χ0n) is 19.4. The maximum absolute atomic E-state index is 12.2. The molecule has 0 fully saturated rings. The van der Waals surface area contributed by atoms with Gasteiger partial charge in [0, 0.05) is 24.3 Å². The van der Waals surface area contributed by atoms with Gasteiger partial charge in [-0.2, -0.15) is 0 Å². The summed E-state index contributed by atoms with van der Waals surface area (Å²) < 4.78 is 5.37. The maximum Gasteiger partial charge on any atom is 0.220 e. The number of fused-ring (bicyclic) bond motifs is 1. The second kappa shape index (κ2) is 10.6. The lowest BCUT2D eigenvalue weighted by molar-refractivity contribution is -0.764. The summed E-state index contributed by atoms with van der Waals surface area (Å²) in [6.07, 6.45) is 10.3. The highest BCUT2D eigenvalue weighted by Crippen LogP contribution is 2.35. The molecule has 1 aromatic carbocycles. The van der Waals surface area contributed by atoms with Gasteiger partial charge in [0.2, 0.25) is 5.75 Å². The zero-order chi connectivity index (χ0) is 23.3. The minimum Gasteiger partial charge on any atom is -0.500 e. The molecule has 1 atom stereocenters. The number of nitrogens with zero attached hydrogens (tertiary/aromatic N) is 1. The van der Waals surface area contributed by atoms with Crippen LogP contribution in [0.1, 0.15) is 58.4 Å². The first kappa shape index (κ1) is 23.7. The third kappa shape index (κ3) is 5.43. The van der Waals surface area contributed by atoms with Gasteiger partial charge < -0.3 is 9.84 Å². The minimum absolute atomic E-state index is 0.0217. The van der Waals surface area contributed by atoms with Crippen LogP contribution in [-0.4, -0.2) is 36.5 Å². The van der Waals surface area contributed by atoms with Crippen LogP contribution in [0, 0.1) is 5.92 Å². The standard InChI is InChI=1S/C26H32N2O4/c1-5-6-7-8-19(29)13-20(30)10-9-18-11-24(26(31)25(12-18)32-4)28-15-22-21(17(2)3)14-27-23(22)16-28/h9-12,14,16-17,31H,5-8,13,15H2,1-4H3/p+1. The van der Waals surface area contributed by atoms with Crippen molar-refractivity contribution in [1.29, 1.82) is 0 Å². The topological polar surface area (TPSA) is 80.4 Å². The number of ketones is 2. The van der Waals surface area contributed by atoms with Gasteiger partial charge in [-0.15, -0.1) is 0 Å². The Kier molecular flexibility index (Phi) is 7.80. The Morgan fingerprint density at radius 2 is 2.06 bits per heavy atom. The van der Waals surface area contributed by atoms with Crippen LogP contribution >= 0.6 is 0 Å². The molecular weight excluding hydrogens is 404 g/mol. The van der Waals surface area contributed by atoms with Crippen LogP contribution in [0.25, 0.3) is 6.08 Å². The number of benzene rings is 1. The maximum atomic E-state index is 12.2. The van der Waals surface area contributed by atoms with Gasteiger partial charge in [-0.25, -0.2) is 0 Å². The number of quaternary nitrogens is 1. The van der Waals surface area contributed by atoms with Gasteiger partial charge >= 0.3 is 0 Å². The molecule has 0 bridgehead atoms. The smallest absolute Gasteiger partial charge is 0.220 e. The summed E-state index contributed by atoms with van der Waals surface area (Å²) in [5.74, 6) is 0.560. The highest BCUT2D eigenvalue weighted by Gasteiger charge is 2.33. The number of nitrogens with one attached hydrogen (secondary N) is 1. The summed E-state index contributed by atoms with van der Waals surface area (Å²) in [6, 6.07) is 3.53. The minimum atomic E-state index is -0.216. The van der Waals surface area contributed by atoms with Crippen LogP contribution in [-0.2, 0) is 9.59 Å². The van der Waals surface area contributed by atoms with E-state index in [1.165, 1.54) is 24.3 Å². The summed E-state index contributed by atoms with van der Waals surface area (Å²) in [5.41, 5.74) is 4.76. The van der Waals surface area contributed by atoms with Crippen LogP contribution in [0.4, 0.5) is 5.69 Å². The van der Waals surface area contributed by atoms with Gasteiger partial charge in [-0.05, 0) is 35.6 Å². The van der Waals surface area contributed by atoms with Crippen molar-refractivity contribution in [3.8, 4) is 11.5 Å². The average molecular weight is 438 g/mol. The molecule has 0 aromatic heterocycles. The number of Topliss-reactive ketones (excluding diaryl/α,β-unsaturated/α-hetero) is 1. The van der Waals surface area contributed by atoms with E-state index in [-0.39, 0.29) is 23.7 Å². The molecule has 2 aliphatic heterocycles. The van der Waals surface area contributed by atoms with Crippen molar-refractivity contribution >= 4 is 29.5 Å². The molecule has 0 radical (unpaired) electrons. The third-order valence-electron chi connectivity index (χ3n) is 5.86. The van der Waals surface area contributed by atoms with E-state index < -0.39 is 0 Å². The SMILES string of the molecule is CCCCCC(=O)CC(=O)C=Cc1cc(OC)c(O)c([NH+]2C=C3N=CC(C(C)C)=C3C2)c1. The number of methoxy groups -OCH3 is 1. The number of ether oxygens (including phenoxy) is 1. The number of aliphatic imine (C=N–C) groups is 1. The van der Waals surface area contributed by atoms with Crippen molar-refractivity contribution in [2.45, 2.75) is 52.9 Å². The normalized spacial score (nSPS) is 17.4. The molecule has 6 nitrogen and oxygen atoms in total. The van der Waals surface area contributed by atoms with Crippen LogP contribution in [0.2, 0.25) is 0 Å². The molecule has 2 N–H and O–H groups in total. The van der Waals surface area contributed by atoms with E-state index in [0.717, 1.165) is 35.4 Å². The predicted molar refractivity (Wildman–Crippen MR) is 126 cm³/mol. The molecule has 0 saturated heterocycles. The first-order valence-electron chi connectivity index (χ1n) is 11.3. The van der Waals surface area contributed by atoms with Gasteiger partial charge in [0.05, 0.1) is 13.5 Å². The quantitative estimate of drug-likeness (QED) is 0.238. The molecule has 2 heterocycles. The number of aromatic hydroxyl groups is 1. The predicted octanol–water partition coefficient (Wildman–Crippen LogP) is 3.93. The highest BCUT2D eigenvalue weighted by atomic mass is 16.5. The van der Waals surface area contributed by atoms with Gasteiger partial charge in [0.15, 0.2) is 17.2 Å². The van der Waals surface area contributed by atoms with E-state index >= 15 is 0 Å². The number of phenolic OH excluding ortho intramolecular Hbond substituents is 1. The van der Waals surface area contributed by atoms with Crippen LogP contribution in [0.15, 0.2) is 46.2 Å². The molecule has 0 amide bonds. The Labute approximate surface area is 190 Å². The first-order chi connectivity index (χ1) is 15.3. The zero-order valence-corrected chi connectivity index (χ0v) is 19.4. The molecule has 0 aliphatic carbocycles. The Balaban J connectivity index is 1.77. The molecule has 1 unspecified atom stereocenters. The summed E-state index contributed by atoms with van der Waals surface area (Å²) in [7, 11) is 1.50. The van der Waals surface area contributed by atoms with Crippen molar-refractivity contribution in [1.82, 2.24) is 0 Å². The monoisotopic (exact) mass is 437 g/mol. The Bertz CT molecular complexity index is 1010. The molecule has 170 valence electrons. The number of carbonyl (C=O) groups excluding carboxylic acids is 2. The lowest BCUT2D eigenvalue weighted by Crippen LogP contribution is -3.01. The Morgan fingerprint density at radius 3 is 2.75 bits per heavy atom. The number of hydrogen-bond donors (Lipinski definition) is 2. The molecular formula is C26H33N2O4+. The lowest BCUT2D eigenvalue weighted by Gasteiger charge is -2.15. The van der Waals surface area contributed by atoms with E-state index in [1.54, 1.807) is 12.1 Å². The number of allylic oxidation sites excluding steroid dienone is 2. The van der Waals surface area contributed by atoms with Crippen LogP contribution in [0.5, 0.6) is 11.5 Å². The molecule has 1 aromatic rings. The van der Waals surface area contributed by atoms with E-state index in [2.05, 4.69) is 25.8 Å². The fraction of sp³-hybridized carbons (Fsp3) is 0.423. The highest BCUT2D eigenvalue weighted by molar-refractivity contribution is 6.06. The van der Waals surface area contributed by atoms with Crippen LogP contribution < -0.4 is 9.64 Å². The summed E-state index contributed by atoms with van der Waals surface area (Å²) in [4.78, 5) is 29.7. The summed E-state index contributed by atoms with van der Waals surface area (Å²) in [6.45, 7) is 7.07. The second-order valence-corrected chi connectivity index (χ2v) is 8.67. The fourth-order valence-electron chi connectivity index (χ4n) is 4.07. The molecule has 0 spiro atoms. The van der Waals surface area contributed by atoms with Crippen LogP contribution in [0.3, 0.4) is 0 Å². The van der Waals surface area contributed by atoms with Crippen molar-refractivity contribution < 1.29 is 24.3 Å². The summed E-state index contributed by atoms with van der Waals surface area (Å²) >= 11 is 0. The molecule has 2 aliphatic rings. The Morgan fingerprint density at radius 1 is 1.28 bits per heavy atom. The molecule has 32 heavy (non-hydrogen) atoms. The number of unbranched alkanes of at least 4 members (excludes halogenated alkanes) is 2. The largest absolute Gasteiger partial charge is 0.500 e. The van der Waals surface area contributed by atoms with Crippen molar-refractivity contribution in [2.24, 2.45) is 10.9 Å². The van der Waals surface area contributed by atoms with E-state index in [4.69, 9.17) is 4.74 Å². The lowest BCUT2D eigenvalue weighted by atomic mass is 9.99. The van der Waals surface area contributed by atoms with Gasteiger partial charge in [0.1, 0.15) is 24.2 Å². The number of rotatable bonds is 11.